The number of piperazine rings is 1. The Kier molecular flexibility index (Phi) is 7.31. The smallest absolute Gasteiger partial charge is 0.334 e. The molecule has 1 saturated heterocycles. The van der Waals surface area contributed by atoms with E-state index in [0.29, 0.717) is 26.3 Å². The van der Waals surface area contributed by atoms with E-state index in [1.54, 1.807) is 24.8 Å². The molecule has 1 rings (SSSR count). The summed E-state index contributed by atoms with van der Waals surface area (Å²) >= 11 is 0. The number of carbonyl (C=O) groups is 1. The zero-order valence-corrected chi connectivity index (χ0v) is 12.5. The molecule has 0 saturated carbocycles. The van der Waals surface area contributed by atoms with E-state index in [9.17, 15) is 9.36 Å². The lowest BCUT2D eigenvalue weighted by atomic mass is 10.3. The van der Waals surface area contributed by atoms with Crippen LogP contribution >= 0.6 is 7.60 Å². The van der Waals surface area contributed by atoms with Crippen molar-refractivity contribution in [2.75, 3.05) is 45.6 Å². The number of carbonyl (C=O) groups excluding carboxylic acids is 1. The summed E-state index contributed by atoms with van der Waals surface area (Å²) in [5, 5.41) is 3.18. The third-order valence-electron chi connectivity index (χ3n) is 2.67. The number of allylic oxidation sites excluding steroid dienone is 1. The van der Waals surface area contributed by atoms with Crippen molar-refractivity contribution in [2.45, 2.75) is 13.8 Å². The maximum absolute atomic E-state index is 12.1. The average Bonchev–Trinajstić information content (AvgIpc) is 2.40. The van der Waals surface area contributed by atoms with Gasteiger partial charge >= 0.3 is 7.60 Å². The normalized spacial score (nSPS) is 17.1. The fraction of sp³-hybridized carbons (Fsp3) is 0.750. The predicted molar refractivity (Wildman–Crippen MR) is 74.3 cm³/mol. The molecular weight excluding hydrogens is 267 g/mol. The number of hydrogen-bond donors (Lipinski definition) is 1. The van der Waals surface area contributed by atoms with Crippen molar-refractivity contribution in [2.24, 2.45) is 0 Å². The summed E-state index contributed by atoms with van der Waals surface area (Å²) in [5.41, 5.74) is 0. The maximum Gasteiger partial charge on any atom is 0.334 e. The van der Waals surface area contributed by atoms with Crippen LogP contribution in [0.4, 0.5) is 0 Å². The van der Waals surface area contributed by atoms with Crippen molar-refractivity contribution in [3.8, 4) is 0 Å². The van der Waals surface area contributed by atoms with Gasteiger partial charge in [0.1, 0.15) is 0 Å². The van der Waals surface area contributed by atoms with Crippen LogP contribution in [0.15, 0.2) is 12.2 Å². The second-order valence-electron chi connectivity index (χ2n) is 4.11. The van der Waals surface area contributed by atoms with Crippen LogP contribution in [0.25, 0.3) is 0 Å². The molecule has 0 atom stereocenters. The Balaban J connectivity index is 2.46. The Morgan fingerprint density at radius 3 is 2.37 bits per heavy atom. The molecule has 6 nitrogen and oxygen atoms in total. The number of amides is 1. The van der Waals surface area contributed by atoms with Gasteiger partial charge < -0.3 is 19.3 Å². The van der Waals surface area contributed by atoms with Crippen molar-refractivity contribution in [1.29, 1.82) is 0 Å². The van der Waals surface area contributed by atoms with Crippen LogP contribution in [-0.2, 0) is 18.4 Å². The van der Waals surface area contributed by atoms with Gasteiger partial charge in [0.25, 0.3) is 0 Å². The highest BCUT2D eigenvalue weighted by Gasteiger charge is 2.21. The van der Waals surface area contributed by atoms with E-state index >= 15 is 0 Å². The first kappa shape index (κ1) is 16.4. The van der Waals surface area contributed by atoms with Crippen LogP contribution in [0.3, 0.4) is 0 Å². The summed E-state index contributed by atoms with van der Waals surface area (Å²) in [7, 11) is -3.09. The van der Waals surface area contributed by atoms with Gasteiger partial charge in [-0.1, -0.05) is 6.08 Å². The molecule has 0 aromatic heterocycles. The first-order valence-electron chi connectivity index (χ1n) is 6.65. The van der Waals surface area contributed by atoms with Gasteiger partial charge in [-0.15, -0.1) is 0 Å². The van der Waals surface area contributed by atoms with E-state index in [0.717, 1.165) is 13.1 Å². The van der Waals surface area contributed by atoms with Crippen molar-refractivity contribution in [3.05, 3.63) is 12.2 Å². The first-order valence-corrected chi connectivity index (χ1v) is 8.38. The largest absolute Gasteiger partial charge is 0.337 e. The second-order valence-corrected chi connectivity index (χ2v) is 6.21. The molecule has 1 amide bonds. The van der Waals surface area contributed by atoms with Crippen LogP contribution in [-0.4, -0.2) is 56.4 Å². The molecule has 110 valence electrons. The van der Waals surface area contributed by atoms with E-state index in [1.165, 1.54) is 6.08 Å². The first-order chi connectivity index (χ1) is 9.11. The molecule has 0 spiro atoms. The van der Waals surface area contributed by atoms with E-state index in [1.807, 2.05) is 0 Å². The molecule has 0 aromatic carbocycles. The summed E-state index contributed by atoms with van der Waals surface area (Å²) in [6.45, 7) is 7.23. The highest BCUT2D eigenvalue weighted by atomic mass is 31.2. The number of rotatable bonds is 7. The van der Waals surface area contributed by atoms with Crippen LogP contribution in [0.1, 0.15) is 13.8 Å². The fourth-order valence-electron chi connectivity index (χ4n) is 1.81. The average molecular weight is 290 g/mol. The van der Waals surface area contributed by atoms with Gasteiger partial charge in [-0.3, -0.25) is 9.36 Å². The van der Waals surface area contributed by atoms with Crippen LogP contribution in [0, 0.1) is 0 Å². The van der Waals surface area contributed by atoms with Gasteiger partial charge in [0.05, 0.1) is 19.4 Å². The quantitative estimate of drug-likeness (QED) is 0.564. The number of nitrogens with zero attached hydrogens (tertiary/aromatic N) is 1. The molecule has 0 aromatic rings. The summed E-state index contributed by atoms with van der Waals surface area (Å²) in [5.74, 6) is -0.0546. The topological polar surface area (TPSA) is 67.9 Å². The maximum atomic E-state index is 12.1. The Morgan fingerprint density at radius 2 is 1.84 bits per heavy atom. The van der Waals surface area contributed by atoms with Gasteiger partial charge in [0, 0.05) is 26.2 Å². The molecule has 1 heterocycles. The summed E-state index contributed by atoms with van der Waals surface area (Å²) in [4.78, 5) is 13.6. The third-order valence-corrected chi connectivity index (χ3v) is 4.63. The zero-order valence-electron chi connectivity index (χ0n) is 11.6. The fourth-order valence-corrected chi connectivity index (χ4v) is 3.25. The molecule has 0 unspecified atom stereocenters. The van der Waals surface area contributed by atoms with Crippen molar-refractivity contribution < 1.29 is 18.4 Å². The Morgan fingerprint density at radius 1 is 1.26 bits per heavy atom. The minimum absolute atomic E-state index is 0.0546. The predicted octanol–water partition coefficient (Wildman–Crippen LogP) is 1.24. The molecule has 1 N–H and O–H groups in total. The molecule has 19 heavy (non-hydrogen) atoms. The molecular formula is C12H23N2O4P. The van der Waals surface area contributed by atoms with Gasteiger partial charge in [-0.05, 0) is 19.9 Å². The summed E-state index contributed by atoms with van der Waals surface area (Å²) < 4.78 is 22.4. The van der Waals surface area contributed by atoms with Crippen molar-refractivity contribution in [3.63, 3.8) is 0 Å². The minimum atomic E-state index is -3.09. The van der Waals surface area contributed by atoms with E-state index in [2.05, 4.69) is 5.32 Å². The van der Waals surface area contributed by atoms with Crippen LogP contribution in [0.5, 0.6) is 0 Å². The summed E-state index contributed by atoms with van der Waals surface area (Å²) in [6.07, 6.45) is 3.17. The summed E-state index contributed by atoms with van der Waals surface area (Å²) in [6, 6.07) is 0. The molecule has 0 aliphatic carbocycles. The van der Waals surface area contributed by atoms with Gasteiger partial charge in [0.15, 0.2) is 0 Å². The van der Waals surface area contributed by atoms with E-state index < -0.39 is 7.60 Å². The standard InChI is InChI=1S/C12H23N2O4P/c1-3-17-19(16,18-4-2)11-5-6-12(15)14-9-7-13-8-10-14/h5-6,13H,3-4,7-11H2,1-2H3/b6-5+. The van der Waals surface area contributed by atoms with E-state index in [4.69, 9.17) is 9.05 Å². The molecule has 0 radical (unpaired) electrons. The minimum Gasteiger partial charge on any atom is -0.337 e. The van der Waals surface area contributed by atoms with Crippen molar-refractivity contribution in [1.82, 2.24) is 10.2 Å². The van der Waals surface area contributed by atoms with Crippen molar-refractivity contribution >= 4 is 13.5 Å². The Labute approximate surface area is 114 Å². The van der Waals surface area contributed by atoms with Gasteiger partial charge in [-0.25, -0.2) is 0 Å². The van der Waals surface area contributed by atoms with Crippen LogP contribution in [0.2, 0.25) is 0 Å². The highest BCUT2D eigenvalue weighted by molar-refractivity contribution is 7.54. The van der Waals surface area contributed by atoms with Gasteiger partial charge in [0.2, 0.25) is 5.91 Å². The second kappa shape index (κ2) is 8.48. The molecule has 1 aliphatic heterocycles. The van der Waals surface area contributed by atoms with Crippen LogP contribution < -0.4 is 5.32 Å². The molecule has 7 heteroatoms. The zero-order chi connectivity index (χ0) is 14.1. The third kappa shape index (κ3) is 5.87. The molecule has 1 fully saturated rings. The monoisotopic (exact) mass is 290 g/mol. The highest BCUT2D eigenvalue weighted by Crippen LogP contribution is 2.47. The van der Waals surface area contributed by atoms with E-state index in [-0.39, 0.29) is 12.1 Å². The molecule has 0 bridgehead atoms. The Bertz CT molecular complexity index is 344. The van der Waals surface area contributed by atoms with Gasteiger partial charge in [-0.2, -0.15) is 0 Å². The number of hydrogen-bond acceptors (Lipinski definition) is 5. The lowest BCUT2D eigenvalue weighted by Gasteiger charge is -2.26. The lowest BCUT2D eigenvalue weighted by Crippen LogP contribution is -2.45. The molecule has 1 aliphatic rings. The number of nitrogens with one attached hydrogen (secondary N) is 1. The SMILES string of the molecule is CCOP(=O)(C/C=C/C(=O)N1CCNCC1)OCC. The Hall–Kier alpha value is -0.680. The lowest BCUT2D eigenvalue weighted by molar-refractivity contribution is -0.126.